The van der Waals surface area contributed by atoms with Gasteiger partial charge in [-0.3, -0.25) is 4.79 Å². The molecule has 0 saturated carbocycles. The van der Waals surface area contributed by atoms with Gasteiger partial charge in [0.15, 0.2) is 0 Å². The smallest absolute Gasteiger partial charge is 0.229 e. The molecular weight excluding hydrogens is 425 g/mol. The van der Waals surface area contributed by atoms with Gasteiger partial charge < -0.3 is 4.90 Å². The number of piperidine rings is 1. The zero-order valence-corrected chi connectivity index (χ0v) is 20.1. The Morgan fingerprint density at radius 2 is 1.87 bits per heavy atom. The maximum atomic E-state index is 14.0. The van der Waals surface area contributed by atoms with Crippen LogP contribution in [0.2, 0.25) is 10.0 Å². The van der Waals surface area contributed by atoms with E-state index in [-0.39, 0.29) is 23.9 Å². The van der Waals surface area contributed by atoms with E-state index in [1.54, 1.807) is 0 Å². The summed E-state index contributed by atoms with van der Waals surface area (Å²) in [6.07, 6.45) is 4.00. The number of rotatable bonds is 7. The molecule has 164 valence electrons. The van der Waals surface area contributed by atoms with Crippen molar-refractivity contribution in [3.63, 3.8) is 0 Å². The lowest BCUT2D eigenvalue weighted by Gasteiger charge is -2.52. The summed E-state index contributed by atoms with van der Waals surface area (Å²) >= 11 is 12.6. The first kappa shape index (κ1) is 23.6. The van der Waals surface area contributed by atoms with E-state index in [9.17, 15) is 4.79 Å². The number of hydrogen-bond donors (Lipinski definition) is 0. The fourth-order valence-electron chi connectivity index (χ4n) is 5.01. The summed E-state index contributed by atoms with van der Waals surface area (Å²) in [4.78, 5) is 16.1. The van der Waals surface area contributed by atoms with Crippen LogP contribution in [0.25, 0.3) is 0 Å². The van der Waals surface area contributed by atoms with Gasteiger partial charge in [0.2, 0.25) is 5.91 Å². The van der Waals surface area contributed by atoms with Gasteiger partial charge in [-0.15, -0.1) is 6.58 Å². The highest BCUT2D eigenvalue weighted by molar-refractivity contribution is 6.30. The Labute approximate surface area is 196 Å². The topological polar surface area (TPSA) is 20.3 Å². The van der Waals surface area contributed by atoms with Gasteiger partial charge in [0.1, 0.15) is 0 Å². The van der Waals surface area contributed by atoms with Crippen molar-refractivity contribution in [1.29, 1.82) is 0 Å². The van der Waals surface area contributed by atoms with E-state index in [0.717, 1.165) is 23.1 Å². The largest absolute Gasteiger partial charge is 0.328 e. The van der Waals surface area contributed by atoms with Crippen LogP contribution in [0.1, 0.15) is 63.1 Å². The van der Waals surface area contributed by atoms with Gasteiger partial charge in [-0.1, -0.05) is 79.5 Å². The zero-order valence-electron chi connectivity index (χ0n) is 18.6. The molecule has 0 N–H and O–H groups in total. The molecule has 31 heavy (non-hydrogen) atoms. The van der Waals surface area contributed by atoms with E-state index in [2.05, 4.69) is 38.0 Å². The molecule has 1 amide bonds. The maximum Gasteiger partial charge on any atom is 0.229 e. The monoisotopic (exact) mass is 455 g/mol. The Morgan fingerprint density at radius 1 is 1.19 bits per heavy atom. The van der Waals surface area contributed by atoms with Crippen LogP contribution in [0.3, 0.4) is 0 Å². The van der Waals surface area contributed by atoms with E-state index in [1.165, 1.54) is 0 Å². The average molecular weight is 456 g/mol. The van der Waals surface area contributed by atoms with Crippen molar-refractivity contribution >= 4 is 29.1 Å². The Hall–Kier alpha value is -2.03. The molecule has 2 nitrogen and oxygen atoms in total. The molecule has 1 saturated heterocycles. The Morgan fingerprint density at radius 3 is 2.42 bits per heavy atom. The number of hydrogen-bond acceptors (Lipinski definition) is 1. The van der Waals surface area contributed by atoms with Crippen molar-refractivity contribution in [3.05, 3.63) is 94.5 Å². The highest BCUT2D eigenvalue weighted by atomic mass is 35.5. The van der Waals surface area contributed by atoms with Crippen LogP contribution in [-0.4, -0.2) is 16.8 Å². The standard InChI is InChI=1S/C27H31Cl2NO/c1-6-15-27(5)17-23(20-9-8-10-22(29)16-20)25(19-11-13-21(28)14-12-19)30(26(27)31)24(7-2)18(3)4/h6,8-14,16,23-25H,1,3,7,15,17H2,2,4-5H3/t23-,24+,25?,27+/m1/s1. The lowest BCUT2D eigenvalue weighted by atomic mass is 9.67. The minimum absolute atomic E-state index is 0.0562. The molecule has 2 aromatic carbocycles. The van der Waals surface area contributed by atoms with Crippen molar-refractivity contribution < 1.29 is 4.79 Å². The van der Waals surface area contributed by atoms with E-state index >= 15 is 0 Å². The van der Waals surface area contributed by atoms with Crippen molar-refractivity contribution in [3.8, 4) is 0 Å². The van der Waals surface area contributed by atoms with Crippen LogP contribution in [0.4, 0.5) is 0 Å². The van der Waals surface area contributed by atoms with Crippen LogP contribution in [0.5, 0.6) is 0 Å². The second-order valence-electron chi connectivity index (χ2n) is 8.90. The third-order valence-electron chi connectivity index (χ3n) is 6.48. The molecule has 0 bridgehead atoms. The molecule has 0 aliphatic carbocycles. The number of benzene rings is 2. The molecular formula is C27H31Cl2NO. The number of likely N-dealkylation sites (tertiary alicyclic amines) is 1. The number of amides is 1. The Bertz CT molecular complexity index is 967. The number of halogens is 2. The predicted molar refractivity (Wildman–Crippen MR) is 132 cm³/mol. The van der Waals surface area contributed by atoms with E-state index in [4.69, 9.17) is 23.2 Å². The van der Waals surface area contributed by atoms with Gasteiger partial charge in [0.05, 0.1) is 17.5 Å². The second kappa shape index (κ2) is 9.63. The molecule has 1 heterocycles. The Balaban J connectivity index is 2.25. The molecule has 3 rings (SSSR count). The minimum Gasteiger partial charge on any atom is -0.328 e. The molecule has 0 spiro atoms. The highest BCUT2D eigenvalue weighted by Gasteiger charge is 2.50. The summed E-state index contributed by atoms with van der Waals surface area (Å²) in [5, 5.41) is 1.38. The molecule has 4 atom stereocenters. The quantitative estimate of drug-likeness (QED) is 0.387. The van der Waals surface area contributed by atoms with Crippen molar-refractivity contribution in [2.75, 3.05) is 0 Å². The summed E-state index contributed by atoms with van der Waals surface area (Å²) in [6, 6.07) is 15.7. The first-order valence-electron chi connectivity index (χ1n) is 10.8. The molecule has 0 aromatic heterocycles. The van der Waals surface area contributed by atoms with Crippen molar-refractivity contribution in [1.82, 2.24) is 4.90 Å². The average Bonchev–Trinajstić information content (AvgIpc) is 2.72. The molecule has 1 fully saturated rings. The van der Waals surface area contributed by atoms with Gasteiger partial charge in [-0.2, -0.15) is 0 Å². The maximum absolute atomic E-state index is 14.0. The molecule has 1 aliphatic heterocycles. The molecule has 2 aromatic rings. The van der Waals surface area contributed by atoms with Crippen LogP contribution >= 0.6 is 23.2 Å². The summed E-state index contributed by atoms with van der Waals surface area (Å²) in [6.45, 7) is 14.3. The van der Waals surface area contributed by atoms with E-state index in [0.29, 0.717) is 22.9 Å². The van der Waals surface area contributed by atoms with Crippen LogP contribution < -0.4 is 0 Å². The third-order valence-corrected chi connectivity index (χ3v) is 6.96. The van der Waals surface area contributed by atoms with Crippen molar-refractivity contribution in [2.45, 2.75) is 58.0 Å². The first-order chi connectivity index (χ1) is 14.7. The molecule has 4 heteroatoms. The highest BCUT2D eigenvalue weighted by Crippen LogP contribution is 2.52. The summed E-state index contributed by atoms with van der Waals surface area (Å²) in [5.41, 5.74) is 2.66. The summed E-state index contributed by atoms with van der Waals surface area (Å²) in [5.74, 6) is 0.233. The molecule has 1 aliphatic rings. The normalized spacial score (nSPS) is 24.7. The number of carbonyl (C=O) groups excluding carboxylic acids is 1. The lowest BCUT2D eigenvalue weighted by molar-refractivity contribution is -0.153. The van der Waals surface area contributed by atoms with Gasteiger partial charge in [0, 0.05) is 16.0 Å². The lowest BCUT2D eigenvalue weighted by Crippen LogP contribution is -2.55. The summed E-state index contributed by atoms with van der Waals surface area (Å²) < 4.78 is 0. The van der Waals surface area contributed by atoms with Gasteiger partial charge in [-0.05, 0) is 61.6 Å². The number of allylic oxidation sites excluding steroid dienone is 1. The number of carbonyl (C=O) groups is 1. The van der Waals surface area contributed by atoms with Gasteiger partial charge in [-0.25, -0.2) is 0 Å². The molecule has 1 unspecified atom stereocenters. The second-order valence-corrected chi connectivity index (χ2v) is 9.77. The van der Waals surface area contributed by atoms with E-state index < -0.39 is 5.41 Å². The van der Waals surface area contributed by atoms with Gasteiger partial charge >= 0.3 is 0 Å². The fourth-order valence-corrected chi connectivity index (χ4v) is 5.34. The predicted octanol–water partition coefficient (Wildman–Crippen LogP) is 7.99. The Kier molecular flexibility index (Phi) is 7.34. The first-order valence-corrected chi connectivity index (χ1v) is 11.6. The van der Waals surface area contributed by atoms with Crippen LogP contribution in [0.15, 0.2) is 73.3 Å². The number of nitrogens with zero attached hydrogens (tertiary/aromatic N) is 1. The van der Waals surface area contributed by atoms with Crippen LogP contribution in [0, 0.1) is 5.41 Å². The SMILES string of the molecule is C=CC[C@@]1(C)C[C@H](c2cccc(Cl)c2)C(c2ccc(Cl)cc2)N([C@@H](CC)C(=C)C)C1=O. The molecule has 0 radical (unpaired) electrons. The van der Waals surface area contributed by atoms with Crippen molar-refractivity contribution in [2.24, 2.45) is 5.41 Å². The summed E-state index contributed by atoms with van der Waals surface area (Å²) in [7, 11) is 0. The fraction of sp³-hybridized carbons (Fsp3) is 0.370. The zero-order chi connectivity index (χ0) is 22.8. The van der Waals surface area contributed by atoms with Gasteiger partial charge in [0.25, 0.3) is 0 Å². The third kappa shape index (κ3) is 4.76. The minimum atomic E-state index is -0.541. The van der Waals surface area contributed by atoms with E-state index in [1.807, 2.05) is 55.5 Å². The van der Waals surface area contributed by atoms with Crippen LogP contribution in [-0.2, 0) is 4.79 Å².